The van der Waals surface area contributed by atoms with Gasteiger partial charge >= 0.3 is 5.97 Å². The summed E-state index contributed by atoms with van der Waals surface area (Å²) in [4.78, 5) is 11.5. The fraction of sp³-hybridized carbons (Fsp3) is 0.708. The standard InChI is InChI=1S/C24H42O4/c1-6-7-15-18-24(5,26)19-16-13-11-9-8-10-12-14-17-20-27-21-22(25)28-23(2,3)4/h11,13-14,16-17,19,26H,6-10,12,15,18,20-21H2,1-5H3/b13-11-,17-14-,19-16+/t24-/m1/s1. The Morgan fingerprint density at radius 1 is 0.929 bits per heavy atom. The molecule has 4 heteroatoms. The molecule has 162 valence electrons. The van der Waals surface area contributed by atoms with Gasteiger partial charge in [-0.25, -0.2) is 4.79 Å². The van der Waals surface area contributed by atoms with Gasteiger partial charge < -0.3 is 14.6 Å². The van der Waals surface area contributed by atoms with Crippen molar-refractivity contribution < 1.29 is 19.4 Å². The zero-order chi connectivity index (χ0) is 21.3. The van der Waals surface area contributed by atoms with E-state index in [-0.39, 0.29) is 12.6 Å². The summed E-state index contributed by atoms with van der Waals surface area (Å²) in [6.07, 6.45) is 20.6. The first kappa shape index (κ1) is 26.6. The lowest BCUT2D eigenvalue weighted by molar-refractivity contribution is -0.159. The summed E-state index contributed by atoms with van der Waals surface area (Å²) in [7, 11) is 0. The van der Waals surface area contributed by atoms with Gasteiger partial charge in [-0.05, 0) is 59.8 Å². The second kappa shape index (κ2) is 15.5. The van der Waals surface area contributed by atoms with Crippen molar-refractivity contribution in [2.24, 2.45) is 0 Å². The predicted molar refractivity (Wildman–Crippen MR) is 117 cm³/mol. The second-order valence-electron chi connectivity index (χ2n) is 8.46. The van der Waals surface area contributed by atoms with E-state index in [4.69, 9.17) is 9.47 Å². The normalized spacial score (nSPS) is 14.9. The number of allylic oxidation sites excluding steroid dienone is 4. The molecule has 0 spiro atoms. The first-order valence-electron chi connectivity index (χ1n) is 10.7. The van der Waals surface area contributed by atoms with Crippen molar-refractivity contribution in [3.63, 3.8) is 0 Å². The minimum absolute atomic E-state index is 0.00852. The van der Waals surface area contributed by atoms with Gasteiger partial charge in [-0.3, -0.25) is 0 Å². The molecule has 28 heavy (non-hydrogen) atoms. The molecule has 0 rings (SSSR count). The number of hydrogen-bond acceptors (Lipinski definition) is 4. The first-order chi connectivity index (χ1) is 13.2. The van der Waals surface area contributed by atoms with E-state index in [1.54, 1.807) is 0 Å². The number of carbonyl (C=O) groups is 1. The molecule has 0 bridgehead atoms. The largest absolute Gasteiger partial charge is 0.458 e. The molecule has 0 radical (unpaired) electrons. The molecule has 0 saturated heterocycles. The molecule has 1 N–H and O–H groups in total. The third kappa shape index (κ3) is 19.4. The Balaban J connectivity index is 3.65. The highest BCUT2D eigenvalue weighted by atomic mass is 16.6. The second-order valence-corrected chi connectivity index (χ2v) is 8.46. The van der Waals surface area contributed by atoms with Gasteiger partial charge in [0.1, 0.15) is 12.2 Å². The van der Waals surface area contributed by atoms with Gasteiger partial charge in [0.05, 0.1) is 12.2 Å². The molecule has 0 aliphatic heterocycles. The maximum absolute atomic E-state index is 11.5. The van der Waals surface area contributed by atoms with E-state index >= 15 is 0 Å². The molecule has 1 atom stereocenters. The van der Waals surface area contributed by atoms with E-state index in [2.05, 4.69) is 19.1 Å². The topological polar surface area (TPSA) is 55.8 Å². The van der Waals surface area contributed by atoms with Crippen LogP contribution in [0.2, 0.25) is 0 Å². The summed E-state index contributed by atoms with van der Waals surface area (Å²) in [5, 5.41) is 10.2. The number of unbranched alkanes of at least 4 members (excludes halogenated alkanes) is 5. The highest BCUT2D eigenvalue weighted by molar-refractivity contribution is 5.71. The molecule has 0 unspecified atom stereocenters. The molecular weight excluding hydrogens is 352 g/mol. The van der Waals surface area contributed by atoms with Crippen molar-refractivity contribution in [3.05, 3.63) is 36.5 Å². The molecule has 0 saturated carbocycles. The monoisotopic (exact) mass is 394 g/mol. The number of hydrogen-bond donors (Lipinski definition) is 1. The van der Waals surface area contributed by atoms with Crippen LogP contribution in [-0.2, 0) is 14.3 Å². The Morgan fingerprint density at radius 3 is 2.25 bits per heavy atom. The average molecular weight is 395 g/mol. The Morgan fingerprint density at radius 2 is 1.61 bits per heavy atom. The number of rotatable bonds is 15. The third-order valence-corrected chi connectivity index (χ3v) is 4.00. The van der Waals surface area contributed by atoms with Crippen LogP contribution < -0.4 is 0 Å². The summed E-state index contributed by atoms with van der Waals surface area (Å²) < 4.78 is 10.4. The average Bonchev–Trinajstić information content (AvgIpc) is 2.57. The quantitative estimate of drug-likeness (QED) is 0.162. The minimum Gasteiger partial charge on any atom is -0.458 e. The summed E-state index contributed by atoms with van der Waals surface area (Å²) in [6, 6.07) is 0. The Labute approximate surface area is 172 Å². The molecule has 0 aromatic heterocycles. The van der Waals surface area contributed by atoms with Crippen molar-refractivity contribution in [2.75, 3.05) is 13.2 Å². The minimum atomic E-state index is -0.699. The molecule has 0 aliphatic rings. The van der Waals surface area contributed by atoms with Crippen LogP contribution >= 0.6 is 0 Å². The highest BCUT2D eigenvalue weighted by Crippen LogP contribution is 2.16. The SMILES string of the molecule is CCCCC[C@@](C)(O)/C=C/C=C\CCCC/C=C\COCC(=O)OC(C)(C)C. The van der Waals surface area contributed by atoms with Crippen LogP contribution in [0.5, 0.6) is 0 Å². The molecule has 0 amide bonds. The zero-order valence-corrected chi connectivity index (χ0v) is 18.7. The fourth-order valence-corrected chi connectivity index (χ4v) is 2.55. The van der Waals surface area contributed by atoms with E-state index in [9.17, 15) is 9.90 Å². The van der Waals surface area contributed by atoms with Crippen LogP contribution in [-0.4, -0.2) is 35.5 Å². The summed E-state index contributed by atoms with van der Waals surface area (Å²) in [5.74, 6) is -0.329. The van der Waals surface area contributed by atoms with Crippen molar-refractivity contribution in [1.29, 1.82) is 0 Å². The van der Waals surface area contributed by atoms with Gasteiger partial charge in [0.25, 0.3) is 0 Å². The lowest BCUT2D eigenvalue weighted by atomic mass is 9.98. The molecule has 0 aromatic rings. The number of esters is 1. The van der Waals surface area contributed by atoms with Crippen LogP contribution in [0.15, 0.2) is 36.5 Å². The first-order valence-corrected chi connectivity index (χ1v) is 10.7. The highest BCUT2D eigenvalue weighted by Gasteiger charge is 2.15. The van der Waals surface area contributed by atoms with Gasteiger partial charge in [0.2, 0.25) is 0 Å². The number of carbonyl (C=O) groups excluding carboxylic acids is 1. The molecule has 0 heterocycles. The van der Waals surface area contributed by atoms with Crippen LogP contribution in [0.4, 0.5) is 0 Å². The van der Waals surface area contributed by atoms with Crippen molar-refractivity contribution in [2.45, 2.75) is 97.2 Å². The van der Waals surface area contributed by atoms with Gasteiger partial charge in [-0.1, -0.05) is 62.6 Å². The Kier molecular flexibility index (Phi) is 14.8. The molecule has 0 fully saturated rings. The summed E-state index contributed by atoms with van der Waals surface area (Å²) in [6.45, 7) is 9.99. The summed E-state index contributed by atoms with van der Waals surface area (Å²) in [5.41, 5.74) is -1.16. The van der Waals surface area contributed by atoms with Crippen LogP contribution in [0.25, 0.3) is 0 Å². The predicted octanol–water partition coefficient (Wildman–Crippen LogP) is 5.91. The molecule has 0 aromatic carbocycles. The Bertz CT molecular complexity index is 481. The van der Waals surface area contributed by atoms with E-state index in [0.29, 0.717) is 6.61 Å². The van der Waals surface area contributed by atoms with Crippen LogP contribution in [0, 0.1) is 0 Å². The molecule has 0 aliphatic carbocycles. The summed E-state index contributed by atoms with van der Waals surface area (Å²) >= 11 is 0. The van der Waals surface area contributed by atoms with Crippen molar-refractivity contribution in [1.82, 2.24) is 0 Å². The lowest BCUT2D eigenvalue weighted by Gasteiger charge is -2.19. The maximum atomic E-state index is 11.5. The van der Waals surface area contributed by atoms with Gasteiger partial charge in [0.15, 0.2) is 0 Å². The van der Waals surface area contributed by atoms with Crippen molar-refractivity contribution >= 4 is 5.97 Å². The van der Waals surface area contributed by atoms with E-state index in [1.165, 1.54) is 12.8 Å². The van der Waals surface area contributed by atoms with E-state index in [1.807, 2.05) is 52.0 Å². The molecule has 4 nitrogen and oxygen atoms in total. The van der Waals surface area contributed by atoms with Crippen LogP contribution in [0.1, 0.15) is 86.0 Å². The number of ether oxygens (including phenoxy) is 2. The van der Waals surface area contributed by atoms with Gasteiger partial charge in [0, 0.05) is 0 Å². The fourth-order valence-electron chi connectivity index (χ4n) is 2.55. The Hall–Kier alpha value is -1.39. The lowest BCUT2D eigenvalue weighted by Crippen LogP contribution is -2.26. The van der Waals surface area contributed by atoms with Gasteiger partial charge in [-0.15, -0.1) is 0 Å². The molecular formula is C24H42O4. The number of aliphatic hydroxyl groups is 1. The third-order valence-electron chi connectivity index (χ3n) is 4.00. The smallest absolute Gasteiger partial charge is 0.332 e. The van der Waals surface area contributed by atoms with E-state index in [0.717, 1.165) is 38.5 Å². The van der Waals surface area contributed by atoms with Crippen LogP contribution in [0.3, 0.4) is 0 Å². The van der Waals surface area contributed by atoms with Crippen molar-refractivity contribution in [3.8, 4) is 0 Å². The van der Waals surface area contributed by atoms with Gasteiger partial charge in [-0.2, -0.15) is 0 Å². The van der Waals surface area contributed by atoms with E-state index < -0.39 is 11.2 Å². The maximum Gasteiger partial charge on any atom is 0.332 e. The zero-order valence-electron chi connectivity index (χ0n) is 18.7.